The van der Waals surface area contributed by atoms with Crippen molar-refractivity contribution in [3.8, 4) is 17.0 Å². The average molecular weight is 456 g/mol. The lowest BCUT2D eigenvalue weighted by atomic mass is 9.89. The fraction of sp³-hybridized carbons (Fsp3) is 0.333. The number of carbonyl (C=O) groups excluding carboxylic acids is 1. The van der Waals surface area contributed by atoms with E-state index in [1.807, 2.05) is 73.0 Å². The Morgan fingerprint density at radius 3 is 2.59 bits per heavy atom. The Morgan fingerprint density at radius 1 is 1.12 bits per heavy atom. The molecule has 7 nitrogen and oxygen atoms in total. The summed E-state index contributed by atoms with van der Waals surface area (Å²) in [6.07, 6.45) is 3.84. The van der Waals surface area contributed by atoms with Crippen molar-refractivity contribution < 1.29 is 9.53 Å². The standard InChI is InChI=1S/C27H29N5O2/c1-17(26(33)21-7-8-21)18(2)27-30-25-5-3-4-24(32(25)31-27)20-9-12-23(13-10-20)34-16-19-6-11-22(14-28)29-15-19/h3-6,9-13,15,17-18,21H,7-8,14,16,28H2,1-2H3. The van der Waals surface area contributed by atoms with Gasteiger partial charge in [-0.15, -0.1) is 0 Å². The summed E-state index contributed by atoms with van der Waals surface area (Å²) in [6.45, 7) is 4.91. The Balaban J connectivity index is 1.32. The molecule has 2 unspecified atom stereocenters. The van der Waals surface area contributed by atoms with Crippen LogP contribution < -0.4 is 10.5 Å². The zero-order chi connectivity index (χ0) is 23.7. The number of benzene rings is 1. The lowest BCUT2D eigenvalue weighted by Crippen LogP contribution is -2.20. The molecule has 1 aliphatic rings. The summed E-state index contributed by atoms with van der Waals surface area (Å²) in [4.78, 5) is 21.6. The highest BCUT2D eigenvalue weighted by atomic mass is 16.5. The van der Waals surface area contributed by atoms with Crippen LogP contribution in [0.4, 0.5) is 0 Å². The number of pyridine rings is 2. The van der Waals surface area contributed by atoms with Gasteiger partial charge in [0.15, 0.2) is 11.5 Å². The number of fused-ring (bicyclic) bond motifs is 1. The third kappa shape index (κ3) is 4.56. The number of nitrogens with two attached hydrogens (primary N) is 1. The monoisotopic (exact) mass is 455 g/mol. The van der Waals surface area contributed by atoms with Crippen LogP contribution in [0.5, 0.6) is 5.75 Å². The average Bonchev–Trinajstić information content (AvgIpc) is 3.64. The summed E-state index contributed by atoms with van der Waals surface area (Å²) in [5.74, 6) is 1.97. The first-order valence-corrected chi connectivity index (χ1v) is 11.8. The van der Waals surface area contributed by atoms with Crippen molar-refractivity contribution in [2.75, 3.05) is 0 Å². The van der Waals surface area contributed by atoms with Gasteiger partial charge in [0.2, 0.25) is 0 Å². The maximum Gasteiger partial charge on any atom is 0.156 e. The molecule has 1 aliphatic carbocycles. The minimum Gasteiger partial charge on any atom is -0.489 e. The molecule has 3 aromatic heterocycles. The number of hydrogen-bond donors (Lipinski definition) is 1. The molecule has 0 bridgehead atoms. The minimum absolute atomic E-state index is 0.0231. The molecule has 174 valence electrons. The molecule has 7 heteroatoms. The third-order valence-corrected chi connectivity index (χ3v) is 6.61. The first kappa shape index (κ1) is 22.2. The van der Waals surface area contributed by atoms with E-state index in [-0.39, 0.29) is 17.8 Å². The van der Waals surface area contributed by atoms with Gasteiger partial charge in [-0.3, -0.25) is 9.78 Å². The Kier molecular flexibility index (Phi) is 6.11. The van der Waals surface area contributed by atoms with Crippen molar-refractivity contribution in [3.05, 3.63) is 77.9 Å². The van der Waals surface area contributed by atoms with E-state index in [0.29, 0.717) is 24.8 Å². The van der Waals surface area contributed by atoms with Crippen LogP contribution in [0, 0.1) is 11.8 Å². The van der Waals surface area contributed by atoms with Crippen molar-refractivity contribution in [1.29, 1.82) is 0 Å². The van der Waals surface area contributed by atoms with Crippen molar-refractivity contribution in [2.45, 2.75) is 45.8 Å². The largest absolute Gasteiger partial charge is 0.489 e. The zero-order valence-electron chi connectivity index (χ0n) is 19.5. The van der Waals surface area contributed by atoms with Crippen LogP contribution in [-0.2, 0) is 17.9 Å². The zero-order valence-corrected chi connectivity index (χ0v) is 19.5. The van der Waals surface area contributed by atoms with E-state index in [1.54, 1.807) is 6.20 Å². The maximum absolute atomic E-state index is 12.5. The number of nitrogens with zero attached hydrogens (tertiary/aromatic N) is 4. The van der Waals surface area contributed by atoms with Crippen LogP contribution in [0.15, 0.2) is 60.8 Å². The second-order valence-electron chi connectivity index (χ2n) is 9.08. The fourth-order valence-corrected chi connectivity index (χ4v) is 4.09. The predicted molar refractivity (Wildman–Crippen MR) is 130 cm³/mol. The molecule has 0 spiro atoms. The van der Waals surface area contributed by atoms with Gasteiger partial charge in [0.1, 0.15) is 18.1 Å². The van der Waals surface area contributed by atoms with Crippen LogP contribution in [0.3, 0.4) is 0 Å². The fourth-order valence-electron chi connectivity index (χ4n) is 4.09. The van der Waals surface area contributed by atoms with Gasteiger partial charge < -0.3 is 10.5 Å². The van der Waals surface area contributed by atoms with Gasteiger partial charge in [-0.2, -0.15) is 5.10 Å². The molecule has 3 heterocycles. The van der Waals surface area contributed by atoms with Crippen molar-refractivity contribution in [1.82, 2.24) is 19.6 Å². The number of ether oxygens (including phenoxy) is 1. The summed E-state index contributed by atoms with van der Waals surface area (Å²) >= 11 is 0. The van der Waals surface area contributed by atoms with Gasteiger partial charge in [0.05, 0.1) is 11.4 Å². The number of rotatable bonds is 9. The first-order valence-electron chi connectivity index (χ1n) is 11.8. The van der Waals surface area contributed by atoms with E-state index in [4.69, 9.17) is 20.6 Å². The van der Waals surface area contributed by atoms with E-state index >= 15 is 0 Å². The topological polar surface area (TPSA) is 95.4 Å². The molecule has 34 heavy (non-hydrogen) atoms. The van der Waals surface area contributed by atoms with Crippen LogP contribution in [0.2, 0.25) is 0 Å². The maximum atomic E-state index is 12.5. The highest BCUT2D eigenvalue weighted by Crippen LogP contribution is 2.36. The summed E-state index contributed by atoms with van der Waals surface area (Å²) in [6, 6.07) is 17.8. The van der Waals surface area contributed by atoms with Gasteiger partial charge in [0, 0.05) is 41.6 Å². The molecule has 4 aromatic rings. The Hall–Kier alpha value is -3.58. The molecular weight excluding hydrogens is 426 g/mol. The highest BCUT2D eigenvalue weighted by molar-refractivity contribution is 5.85. The number of ketones is 1. The Labute approximate surface area is 199 Å². The molecule has 2 atom stereocenters. The molecule has 0 aliphatic heterocycles. The summed E-state index contributed by atoms with van der Waals surface area (Å²) in [7, 11) is 0. The second kappa shape index (κ2) is 9.35. The molecule has 5 rings (SSSR count). The molecular formula is C27H29N5O2. The van der Waals surface area contributed by atoms with E-state index in [9.17, 15) is 4.79 Å². The quantitative estimate of drug-likeness (QED) is 0.398. The lowest BCUT2D eigenvalue weighted by Gasteiger charge is -2.15. The van der Waals surface area contributed by atoms with Gasteiger partial charge in [-0.05, 0) is 55.3 Å². The number of carbonyl (C=O) groups is 1. The van der Waals surface area contributed by atoms with Crippen molar-refractivity contribution in [3.63, 3.8) is 0 Å². The SMILES string of the molecule is CC(C(=O)C1CC1)C(C)c1nc2cccc(-c3ccc(OCc4ccc(CN)nc4)cc3)n2n1. The third-order valence-electron chi connectivity index (χ3n) is 6.61. The smallest absolute Gasteiger partial charge is 0.156 e. The highest BCUT2D eigenvalue weighted by Gasteiger charge is 2.36. The predicted octanol–water partition coefficient (Wildman–Crippen LogP) is 4.55. The number of hydrogen-bond acceptors (Lipinski definition) is 6. The van der Waals surface area contributed by atoms with E-state index in [2.05, 4.69) is 4.98 Å². The van der Waals surface area contributed by atoms with E-state index in [1.165, 1.54) is 0 Å². The van der Waals surface area contributed by atoms with E-state index in [0.717, 1.165) is 46.8 Å². The molecule has 1 aromatic carbocycles. The van der Waals surface area contributed by atoms with Gasteiger partial charge in [-0.1, -0.05) is 26.0 Å². The molecule has 2 N–H and O–H groups in total. The Morgan fingerprint density at radius 2 is 1.91 bits per heavy atom. The molecule has 0 amide bonds. The number of Topliss-reactive ketones (excluding diaryl/α,β-unsaturated/α-hetero) is 1. The molecule has 1 saturated carbocycles. The van der Waals surface area contributed by atoms with Crippen molar-refractivity contribution in [2.24, 2.45) is 17.6 Å². The summed E-state index contributed by atoms with van der Waals surface area (Å²) in [5, 5.41) is 4.79. The summed E-state index contributed by atoms with van der Waals surface area (Å²) in [5.41, 5.74) is 10.2. The normalized spacial score (nSPS) is 15.3. The second-order valence-corrected chi connectivity index (χ2v) is 9.08. The van der Waals surface area contributed by atoms with Gasteiger partial charge in [-0.25, -0.2) is 9.50 Å². The minimum atomic E-state index is -0.0773. The molecule has 1 fully saturated rings. The lowest BCUT2D eigenvalue weighted by molar-refractivity contribution is -0.124. The van der Waals surface area contributed by atoms with Crippen LogP contribution in [-0.4, -0.2) is 25.4 Å². The van der Waals surface area contributed by atoms with Crippen LogP contribution in [0.1, 0.15) is 49.7 Å². The van der Waals surface area contributed by atoms with Crippen LogP contribution >= 0.6 is 0 Å². The number of aromatic nitrogens is 4. The molecule has 0 saturated heterocycles. The van der Waals surface area contributed by atoms with Gasteiger partial charge >= 0.3 is 0 Å². The molecule has 0 radical (unpaired) electrons. The van der Waals surface area contributed by atoms with Gasteiger partial charge in [0.25, 0.3) is 0 Å². The summed E-state index contributed by atoms with van der Waals surface area (Å²) < 4.78 is 7.78. The first-order chi connectivity index (χ1) is 16.5. The Bertz CT molecular complexity index is 1290. The van der Waals surface area contributed by atoms with Crippen LogP contribution in [0.25, 0.3) is 16.9 Å². The van der Waals surface area contributed by atoms with Crippen molar-refractivity contribution >= 4 is 11.4 Å². The van der Waals surface area contributed by atoms with E-state index < -0.39 is 0 Å².